The zero-order valence-electron chi connectivity index (χ0n) is 13.5. The van der Waals surface area contributed by atoms with E-state index in [1.807, 2.05) is 0 Å². The van der Waals surface area contributed by atoms with Crippen molar-refractivity contribution in [3.63, 3.8) is 0 Å². The predicted molar refractivity (Wildman–Crippen MR) is 85.8 cm³/mol. The minimum atomic E-state index is -4.61. The first-order valence-corrected chi connectivity index (χ1v) is 8.69. The van der Waals surface area contributed by atoms with Crippen LogP contribution in [0.15, 0.2) is 22.0 Å². The summed E-state index contributed by atoms with van der Waals surface area (Å²) in [5.74, 6) is 0.0592. The Hall–Kier alpha value is -0.320. The van der Waals surface area contributed by atoms with Crippen molar-refractivity contribution in [3.05, 3.63) is 22.0 Å². The molecule has 0 bridgehead atoms. The summed E-state index contributed by atoms with van der Waals surface area (Å²) in [5, 5.41) is 19.5. The van der Waals surface area contributed by atoms with Gasteiger partial charge >= 0.3 is 12.4 Å². The summed E-state index contributed by atoms with van der Waals surface area (Å²) in [5.41, 5.74) is -3.43. The second-order valence-corrected chi connectivity index (χ2v) is 8.19. The van der Waals surface area contributed by atoms with Crippen molar-refractivity contribution in [3.8, 4) is 0 Å². The van der Waals surface area contributed by atoms with Crippen molar-refractivity contribution in [1.29, 1.82) is 0 Å². The first-order valence-electron chi connectivity index (χ1n) is 6.72. The van der Waals surface area contributed by atoms with Crippen molar-refractivity contribution in [2.24, 2.45) is 0 Å². The number of hydrogen-bond acceptors (Lipinski definition) is 4. The molecule has 0 aromatic carbocycles. The molecule has 0 aliphatic heterocycles. The van der Waals surface area contributed by atoms with Gasteiger partial charge in [0.1, 0.15) is 0 Å². The van der Waals surface area contributed by atoms with E-state index >= 15 is 0 Å². The Kier molecular flexibility index (Phi) is 8.26. The first kappa shape index (κ1) is 23.7. The number of thioether (sulfide) groups is 2. The van der Waals surface area contributed by atoms with Gasteiger partial charge in [-0.1, -0.05) is 0 Å². The van der Waals surface area contributed by atoms with E-state index in [9.17, 15) is 36.6 Å². The number of halogens is 6. The van der Waals surface area contributed by atoms with E-state index in [1.165, 1.54) is 27.7 Å². The van der Waals surface area contributed by atoms with Gasteiger partial charge in [-0.25, -0.2) is 0 Å². The van der Waals surface area contributed by atoms with Crippen LogP contribution >= 0.6 is 23.5 Å². The van der Waals surface area contributed by atoms with Gasteiger partial charge in [0.15, 0.2) is 0 Å². The molecule has 0 rings (SSSR count). The van der Waals surface area contributed by atoms with Crippen LogP contribution < -0.4 is 0 Å². The third-order valence-corrected chi connectivity index (χ3v) is 5.33. The SMILES string of the molecule is CC(C)(O)/C(=C\C(F)(F)F)SCCS/C(=C/C(F)(F)F)C(C)(C)O. The molecule has 0 aliphatic rings. The average molecular weight is 398 g/mol. The number of allylic oxidation sites excluding steroid dienone is 2. The van der Waals surface area contributed by atoms with Gasteiger partial charge in [0.05, 0.1) is 11.2 Å². The van der Waals surface area contributed by atoms with Crippen molar-refractivity contribution < 1.29 is 36.6 Å². The molecule has 0 spiro atoms. The van der Waals surface area contributed by atoms with Crippen LogP contribution in [0.4, 0.5) is 26.3 Å². The van der Waals surface area contributed by atoms with Crippen LogP contribution in [-0.4, -0.2) is 45.3 Å². The Labute approximate surface area is 145 Å². The molecule has 142 valence electrons. The molecule has 0 unspecified atom stereocenters. The highest BCUT2D eigenvalue weighted by atomic mass is 32.2. The van der Waals surface area contributed by atoms with Crippen LogP contribution in [0, 0.1) is 0 Å². The molecule has 0 atom stereocenters. The highest BCUT2D eigenvalue weighted by molar-refractivity contribution is 8.06. The molecule has 0 aromatic heterocycles. The third kappa shape index (κ3) is 11.3. The highest BCUT2D eigenvalue weighted by Gasteiger charge is 2.31. The molecule has 0 aliphatic carbocycles. The molecule has 24 heavy (non-hydrogen) atoms. The fourth-order valence-electron chi connectivity index (χ4n) is 1.39. The topological polar surface area (TPSA) is 40.5 Å². The lowest BCUT2D eigenvalue weighted by atomic mass is 10.1. The van der Waals surface area contributed by atoms with Crippen molar-refractivity contribution >= 4 is 23.5 Å². The molecular formula is C14H20F6O2S2. The second kappa shape index (κ2) is 8.37. The molecule has 0 saturated carbocycles. The summed E-state index contributed by atoms with van der Waals surface area (Å²) in [6.07, 6.45) is -9.26. The monoisotopic (exact) mass is 398 g/mol. The third-order valence-electron chi connectivity index (χ3n) is 2.39. The van der Waals surface area contributed by atoms with E-state index in [4.69, 9.17) is 0 Å². The molecule has 0 radical (unpaired) electrons. The van der Waals surface area contributed by atoms with Gasteiger partial charge in [-0.15, -0.1) is 23.5 Å². The minimum absolute atomic E-state index is 0.0230. The Balaban J connectivity index is 4.90. The van der Waals surface area contributed by atoms with Gasteiger partial charge in [0.2, 0.25) is 0 Å². The lowest BCUT2D eigenvalue weighted by Crippen LogP contribution is -2.23. The van der Waals surface area contributed by atoms with E-state index in [0.29, 0.717) is 23.5 Å². The highest BCUT2D eigenvalue weighted by Crippen LogP contribution is 2.36. The fraction of sp³-hybridized carbons (Fsp3) is 0.714. The Morgan fingerprint density at radius 3 is 1.12 bits per heavy atom. The van der Waals surface area contributed by atoms with Crippen LogP contribution in [0.25, 0.3) is 0 Å². The summed E-state index contributed by atoms with van der Waals surface area (Å²) >= 11 is 1.41. The minimum Gasteiger partial charge on any atom is -0.385 e. The van der Waals surface area contributed by atoms with Crippen molar-refractivity contribution in [1.82, 2.24) is 0 Å². The predicted octanol–water partition coefficient (Wildman–Crippen LogP) is 4.89. The standard InChI is InChI=1S/C14H20F6O2S2/c1-11(2,21)9(7-13(15,16)17)23-5-6-24-10(12(3,4)22)8-14(18,19)20/h7-8,21-22H,5-6H2,1-4H3/b9-7+,10-8+. The average Bonchev–Trinajstić information content (AvgIpc) is 2.25. The first-order chi connectivity index (χ1) is 10.4. The van der Waals surface area contributed by atoms with Gasteiger partial charge in [-0.05, 0) is 27.7 Å². The van der Waals surface area contributed by atoms with Gasteiger partial charge in [0, 0.05) is 33.5 Å². The largest absolute Gasteiger partial charge is 0.410 e. The van der Waals surface area contributed by atoms with Gasteiger partial charge in [0.25, 0.3) is 0 Å². The van der Waals surface area contributed by atoms with E-state index in [0.717, 1.165) is 0 Å². The van der Waals surface area contributed by atoms with Crippen LogP contribution in [0.3, 0.4) is 0 Å². The molecule has 0 heterocycles. The van der Waals surface area contributed by atoms with Crippen LogP contribution in [0.1, 0.15) is 27.7 Å². The molecule has 0 fully saturated rings. The van der Waals surface area contributed by atoms with Gasteiger partial charge in [-0.3, -0.25) is 0 Å². The lowest BCUT2D eigenvalue weighted by Gasteiger charge is -2.23. The molecule has 0 amide bonds. The number of rotatable bonds is 7. The maximum atomic E-state index is 12.4. The van der Waals surface area contributed by atoms with E-state index < -0.39 is 23.6 Å². The molecule has 0 saturated heterocycles. The van der Waals surface area contributed by atoms with E-state index in [2.05, 4.69) is 0 Å². The summed E-state index contributed by atoms with van der Waals surface area (Å²) in [7, 11) is 0. The Morgan fingerprint density at radius 2 is 0.958 bits per heavy atom. The zero-order valence-corrected chi connectivity index (χ0v) is 15.2. The Bertz CT molecular complexity index is 424. The van der Waals surface area contributed by atoms with Gasteiger partial charge < -0.3 is 10.2 Å². The maximum absolute atomic E-state index is 12.4. The number of hydrogen-bond donors (Lipinski definition) is 2. The quantitative estimate of drug-likeness (QED) is 0.473. The second-order valence-electron chi connectivity index (χ2n) is 5.92. The summed E-state index contributed by atoms with van der Waals surface area (Å²) in [6.45, 7) is 4.76. The number of aliphatic hydroxyl groups is 2. The normalized spacial score (nSPS) is 15.8. The van der Waals surface area contributed by atoms with Crippen LogP contribution in [0.5, 0.6) is 0 Å². The van der Waals surface area contributed by atoms with Crippen molar-refractivity contribution in [2.45, 2.75) is 51.2 Å². The molecule has 0 aromatic rings. The summed E-state index contributed by atoms with van der Waals surface area (Å²) in [4.78, 5) is -0.666. The number of alkyl halides is 6. The van der Waals surface area contributed by atoms with Gasteiger partial charge in [-0.2, -0.15) is 26.3 Å². The van der Waals surface area contributed by atoms with Crippen LogP contribution in [0.2, 0.25) is 0 Å². The molecule has 10 heteroatoms. The maximum Gasteiger partial charge on any atom is 0.410 e. The molecule has 2 N–H and O–H groups in total. The smallest absolute Gasteiger partial charge is 0.385 e. The van der Waals surface area contributed by atoms with Crippen LogP contribution in [-0.2, 0) is 0 Å². The summed E-state index contributed by atoms with van der Waals surface area (Å²) in [6, 6.07) is 0. The molecule has 2 nitrogen and oxygen atoms in total. The van der Waals surface area contributed by atoms with Crippen molar-refractivity contribution in [2.75, 3.05) is 11.5 Å². The fourth-order valence-corrected chi connectivity index (χ4v) is 3.64. The zero-order chi connectivity index (χ0) is 19.4. The Morgan fingerprint density at radius 1 is 0.708 bits per heavy atom. The summed E-state index contributed by atoms with van der Waals surface area (Å²) < 4.78 is 74.7. The lowest BCUT2D eigenvalue weighted by molar-refractivity contribution is -0.0823. The van der Waals surface area contributed by atoms with E-state index in [1.54, 1.807) is 0 Å². The van der Waals surface area contributed by atoms with E-state index in [-0.39, 0.29) is 33.5 Å². The molecular weight excluding hydrogens is 378 g/mol.